The Kier molecular flexibility index (Phi) is 2.80. The van der Waals surface area contributed by atoms with Crippen molar-refractivity contribution in [2.24, 2.45) is 28.7 Å². The van der Waals surface area contributed by atoms with Crippen molar-refractivity contribution in [1.29, 1.82) is 0 Å². The van der Waals surface area contributed by atoms with Crippen molar-refractivity contribution in [3.05, 3.63) is 0 Å². The molecular weight excluding hydrogens is 274 g/mol. The summed E-state index contributed by atoms with van der Waals surface area (Å²) >= 11 is 0. The Bertz CT molecular complexity index is 536. The number of fused-ring (bicyclic) bond motifs is 2. The number of likely N-dealkylation sites (tertiary alicyclic amines) is 1. The van der Waals surface area contributed by atoms with E-state index in [9.17, 15) is 4.79 Å². The first-order valence-electron chi connectivity index (χ1n) is 9.26. The Balaban J connectivity index is 1.36. The van der Waals surface area contributed by atoms with Crippen LogP contribution in [0.5, 0.6) is 0 Å². The molecule has 0 radical (unpaired) electrons. The molecule has 4 nitrogen and oxygen atoms in total. The van der Waals surface area contributed by atoms with Crippen LogP contribution in [0.1, 0.15) is 45.4 Å². The van der Waals surface area contributed by atoms with Gasteiger partial charge in [0.2, 0.25) is 0 Å². The lowest BCUT2D eigenvalue weighted by Gasteiger charge is -2.28. The quantitative estimate of drug-likeness (QED) is 0.797. The summed E-state index contributed by atoms with van der Waals surface area (Å²) in [5.74, 6) is 4.23. The van der Waals surface area contributed by atoms with Crippen LogP contribution in [0.3, 0.4) is 0 Å². The van der Waals surface area contributed by atoms with Crippen LogP contribution in [-0.2, 0) is 4.79 Å². The molecule has 3 saturated carbocycles. The van der Waals surface area contributed by atoms with Crippen LogP contribution in [0.15, 0.2) is 4.99 Å². The van der Waals surface area contributed by atoms with Crippen molar-refractivity contribution in [1.82, 2.24) is 9.80 Å². The van der Waals surface area contributed by atoms with Crippen molar-refractivity contribution in [2.75, 3.05) is 26.2 Å². The van der Waals surface area contributed by atoms with Gasteiger partial charge in [-0.15, -0.1) is 0 Å². The fourth-order valence-electron chi connectivity index (χ4n) is 5.16. The van der Waals surface area contributed by atoms with E-state index in [1.165, 1.54) is 45.2 Å². The Morgan fingerprint density at radius 2 is 1.82 bits per heavy atom. The highest BCUT2D eigenvalue weighted by molar-refractivity contribution is 6.07. The summed E-state index contributed by atoms with van der Waals surface area (Å²) in [6.45, 7) is 6.58. The summed E-state index contributed by atoms with van der Waals surface area (Å²) < 4.78 is 0. The Morgan fingerprint density at radius 1 is 1.09 bits per heavy atom. The van der Waals surface area contributed by atoms with Crippen LogP contribution >= 0.6 is 0 Å². The summed E-state index contributed by atoms with van der Waals surface area (Å²) in [4.78, 5) is 22.8. The highest BCUT2D eigenvalue weighted by Gasteiger charge is 2.60. The zero-order valence-corrected chi connectivity index (χ0v) is 13.6. The minimum atomic E-state index is -0.373. The molecule has 0 aromatic carbocycles. The van der Waals surface area contributed by atoms with Gasteiger partial charge in [-0.3, -0.25) is 14.7 Å². The minimum Gasteiger partial charge on any atom is -0.302 e. The van der Waals surface area contributed by atoms with Crippen LogP contribution in [0.2, 0.25) is 0 Å². The van der Waals surface area contributed by atoms with Crippen molar-refractivity contribution in [3.8, 4) is 0 Å². The molecule has 1 spiro atoms. The molecule has 5 aliphatic rings. The zero-order chi connectivity index (χ0) is 14.9. The SMILES string of the molecule is CC1=N[C@@]2(CC[C@@H]3CN(CC4CC4)C[C@@H]32)C(=O)N1CC1CC1. The smallest absolute Gasteiger partial charge is 0.256 e. The standard InChI is InChI=1S/C18H27N3O/c1-12-19-18(17(22)21(12)9-14-4-5-14)7-6-15-10-20(11-16(15)18)8-13-2-3-13/h13-16H,2-11H2,1H3/t15-,16+,18-/m1/s1. The van der Waals surface area contributed by atoms with Crippen molar-refractivity contribution in [3.63, 3.8) is 0 Å². The maximum absolute atomic E-state index is 13.2. The van der Waals surface area contributed by atoms with Gasteiger partial charge in [-0.2, -0.15) is 0 Å². The number of hydrogen-bond donors (Lipinski definition) is 0. The number of amides is 1. The topological polar surface area (TPSA) is 35.9 Å². The first-order chi connectivity index (χ1) is 10.7. The zero-order valence-electron chi connectivity index (χ0n) is 13.6. The van der Waals surface area contributed by atoms with Gasteiger partial charge in [0.25, 0.3) is 5.91 Å². The monoisotopic (exact) mass is 301 g/mol. The van der Waals surface area contributed by atoms with Crippen LogP contribution in [0.4, 0.5) is 0 Å². The van der Waals surface area contributed by atoms with Crippen molar-refractivity contribution >= 4 is 11.7 Å². The van der Waals surface area contributed by atoms with E-state index < -0.39 is 0 Å². The highest BCUT2D eigenvalue weighted by Crippen LogP contribution is 2.51. The molecule has 0 aromatic rings. The average Bonchev–Trinajstić information content (AvgIpc) is 3.37. The van der Waals surface area contributed by atoms with E-state index in [1.54, 1.807) is 0 Å². The lowest BCUT2D eigenvalue weighted by Crippen LogP contribution is -2.47. The van der Waals surface area contributed by atoms with Gasteiger partial charge in [-0.25, -0.2) is 0 Å². The predicted octanol–water partition coefficient (Wildman–Crippen LogP) is 2.15. The summed E-state index contributed by atoms with van der Waals surface area (Å²) in [6, 6.07) is 0. The third kappa shape index (κ3) is 1.99. The molecule has 4 heteroatoms. The highest BCUT2D eigenvalue weighted by atomic mass is 16.2. The number of aliphatic imine (C=N–C) groups is 1. The lowest BCUT2D eigenvalue weighted by atomic mass is 9.85. The number of nitrogens with zero attached hydrogens (tertiary/aromatic N) is 3. The van der Waals surface area contributed by atoms with Crippen LogP contribution in [0, 0.1) is 23.7 Å². The molecule has 0 unspecified atom stereocenters. The van der Waals surface area contributed by atoms with Crippen molar-refractivity contribution in [2.45, 2.75) is 51.0 Å². The van der Waals surface area contributed by atoms with Crippen LogP contribution in [0.25, 0.3) is 0 Å². The molecule has 2 heterocycles. The molecule has 1 saturated heterocycles. The molecule has 0 bridgehead atoms. The van der Waals surface area contributed by atoms with E-state index in [1.807, 2.05) is 4.90 Å². The van der Waals surface area contributed by atoms with Gasteiger partial charge in [-0.05, 0) is 63.2 Å². The number of hydrogen-bond acceptors (Lipinski definition) is 3. The first-order valence-corrected chi connectivity index (χ1v) is 9.26. The fourth-order valence-corrected chi connectivity index (χ4v) is 5.16. The van der Waals surface area contributed by atoms with E-state index in [0.29, 0.717) is 17.7 Å². The van der Waals surface area contributed by atoms with Gasteiger partial charge >= 0.3 is 0 Å². The summed E-state index contributed by atoms with van der Waals surface area (Å²) in [7, 11) is 0. The molecular formula is C18H27N3O. The predicted molar refractivity (Wildman–Crippen MR) is 85.7 cm³/mol. The summed E-state index contributed by atoms with van der Waals surface area (Å²) in [6.07, 6.45) is 7.63. The normalized spacial score (nSPS) is 41.6. The van der Waals surface area contributed by atoms with E-state index in [-0.39, 0.29) is 5.54 Å². The van der Waals surface area contributed by atoms with E-state index >= 15 is 0 Å². The number of carbonyl (C=O) groups is 1. The van der Waals surface area contributed by atoms with Crippen molar-refractivity contribution < 1.29 is 4.79 Å². The third-order valence-corrected chi connectivity index (χ3v) is 6.74. The largest absolute Gasteiger partial charge is 0.302 e. The van der Waals surface area contributed by atoms with Gasteiger partial charge in [0.1, 0.15) is 11.4 Å². The maximum Gasteiger partial charge on any atom is 0.256 e. The number of amidine groups is 1. The Labute approximate surface area is 132 Å². The first kappa shape index (κ1) is 13.5. The molecule has 5 rings (SSSR count). The molecule has 1 amide bonds. The molecule has 4 fully saturated rings. The van der Waals surface area contributed by atoms with Crippen LogP contribution < -0.4 is 0 Å². The molecule has 2 aliphatic heterocycles. The second-order valence-electron chi connectivity index (χ2n) is 8.51. The maximum atomic E-state index is 13.2. The van der Waals surface area contributed by atoms with Gasteiger partial charge in [0.15, 0.2) is 0 Å². The van der Waals surface area contributed by atoms with E-state index in [0.717, 1.165) is 37.2 Å². The van der Waals surface area contributed by atoms with Gasteiger partial charge in [0, 0.05) is 32.1 Å². The Morgan fingerprint density at radius 3 is 2.55 bits per heavy atom. The van der Waals surface area contributed by atoms with E-state index in [4.69, 9.17) is 4.99 Å². The summed E-state index contributed by atoms with van der Waals surface area (Å²) in [5.41, 5.74) is -0.373. The number of rotatable bonds is 4. The number of carbonyl (C=O) groups excluding carboxylic acids is 1. The molecule has 22 heavy (non-hydrogen) atoms. The molecule has 0 aromatic heterocycles. The molecule has 3 atom stereocenters. The average molecular weight is 301 g/mol. The van der Waals surface area contributed by atoms with Gasteiger partial charge in [0.05, 0.1) is 0 Å². The third-order valence-electron chi connectivity index (χ3n) is 6.74. The fraction of sp³-hybridized carbons (Fsp3) is 0.889. The van der Waals surface area contributed by atoms with Gasteiger partial charge in [-0.1, -0.05) is 0 Å². The second-order valence-corrected chi connectivity index (χ2v) is 8.51. The summed E-state index contributed by atoms with van der Waals surface area (Å²) in [5, 5.41) is 0. The van der Waals surface area contributed by atoms with Gasteiger partial charge < -0.3 is 4.90 Å². The lowest BCUT2D eigenvalue weighted by molar-refractivity contribution is -0.132. The molecule has 3 aliphatic carbocycles. The Hall–Kier alpha value is -0.900. The van der Waals surface area contributed by atoms with Crippen LogP contribution in [-0.4, -0.2) is 53.3 Å². The molecule has 0 N–H and O–H groups in total. The minimum absolute atomic E-state index is 0.345. The second kappa shape index (κ2) is 4.56. The van der Waals surface area contributed by atoms with E-state index in [2.05, 4.69) is 11.8 Å². The molecule has 120 valence electrons.